The number of nitrogens with zero attached hydrogens (tertiary/aromatic N) is 5. The maximum atomic E-state index is 5.51. The third kappa shape index (κ3) is 1.60. The van der Waals surface area contributed by atoms with Gasteiger partial charge in [-0.25, -0.2) is 19.6 Å². The first-order chi connectivity index (χ1) is 6.79. The van der Waals surface area contributed by atoms with Gasteiger partial charge in [0.25, 0.3) is 0 Å². The number of hydrogen-bond acceptors (Lipinski definition) is 5. The Kier molecular flexibility index (Phi) is 2.19. The first-order valence-corrected chi connectivity index (χ1v) is 4.19. The minimum absolute atomic E-state index is 0.394. The average molecular weight is 190 g/mol. The lowest BCUT2D eigenvalue weighted by atomic mass is 10.4. The standard InChI is InChI=1S/C8H10N6/c1-6-12-7(3-9)2-8(13-6)14-5-10-4-11-14/h2,4-5H,3,9H2,1H3. The SMILES string of the molecule is Cc1nc(CN)cc(-n2cncn2)n1. The van der Waals surface area contributed by atoms with Gasteiger partial charge in [-0.15, -0.1) is 0 Å². The highest BCUT2D eigenvalue weighted by molar-refractivity contribution is 5.23. The van der Waals surface area contributed by atoms with Crippen molar-refractivity contribution >= 4 is 0 Å². The van der Waals surface area contributed by atoms with Gasteiger partial charge in [-0.3, -0.25) is 0 Å². The molecule has 0 spiro atoms. The average Bonchev–Trinajstić information content (AvgIpc) is 2.69. The van der Waals surface area contributed by atoms with E-state index in [9.17, 15) is 0 Å². The van der Waals surface area contributed by atoms with Crippen LogP contribution >= 0.6 is 0 Å². The van der Waals surface area contributed by atoms with E-state index in [1.165, 1.54) is 6.33 Å². The Morgan fingerprint density at radius 2 is 2.29 bits per heavy atom. The molecule has 0 atom stereocenters. The van der Waals surface area contributed by atoms with Crippen molar-refractivity contribution in [3.63, 3.8) is 0 Å². The zero-order valence-corrected chi connectivity index (χ0v) is 7.75. The van der Waals surface area contributed by atoms with Crippen molar-refractivity contribution in [1.82, 2.24) is 24.7 Å². The van der Waals surface area contributed by atoms with E-state index in [2.05, 4.69) is 20.1 Å². The topological polar surface area (TPSA) is 82.5 Å². The molecule has 6 heteroatoms. The number of aryl methyl sites for hydroxylation is 1. The molecule has 2 rings (SSSR count). The Balaban J connectivity index is 2.48. The van der Waals surface area contributed by atoms with Gasteiger partial charge in [0.2, 0.25) is 0 Å². The minimum Gasteiger partial charge on any atom is -0.325 e. The minimum atomic E-state index is 0.394. The van der Waals surface area contributed by atoms with E-state index in [-0.39, 0.29) is 0 Å². The molecule has 0 unspecified atom stereocenters. The Morgan fingerprint density at radius 1 is 1.43 bits per heavy atom. The van der Waals surface area contributed by atoms with Crippen molar-refractivity contribution in [2.75, 3.05) is 0 Å². The Morgan fingerprint density at radius 3 is 2.93 bits per heavy atom. The Bertz CT molecular complexity index is 421. The lowest BCUT2D eigenvalue weighted by Crippen LogP contribution is -2.07. The Hall–Kier alpha value is -1.82. The number of hydrogen-bond donors (Lipinski definition) is 1. The van der Waals surface area contributed by atoms with Crippen LogP contribution in [0, 0.1) is 6.92 Å². The number of aromatic nitrogens is 5. The fourth-order valence-electron chi connectivity index (χ4n) is 1.16. The van der Waals surface area contributed by atoms with Crippen LogP contribution in [0.5, 0.6) is 0 Å². The first kappa shape index (κ1) is 8.76. The zero-order chi connectivity index (χ0) is 9.97. The Labute approximate surface area is 80.8 Å². The summed E-state index contributed by atoms with van der Waals surface area (Å²) in [6.45, 7) is 2.21. The van der Waals surface area contributed by atoms with E-state index < -0.39 is 0 Å². The summed E-state index contributed by atoms with van der Waals surface area (Å²) in [7, 11) is 0. The normalized spacial score (nSPS) is 10.4. The fraction of sp³-hybridized carbons (Fsp3) is 0.250. The summed E-state index contributed by atoms with van der Waals surface area (Å²) in [5.41, 5.74) is 6.30. The van der Waals surface area contributed by atoms with Crippen LogP contribution in [-0.2, 0) is 6.54 Å². The van der Waals surface area contributed by atoms with E-state index in [1.54, 1.807) is 17.1 Å². The number of rotatable bonds is 2. The van der Waals surface area contributed by atoms with Gasteiger partial charge in [0, 0.05) is 12.6 Å². The van der Waals surface area contributed by atoms with Gasteiger partial charge < -0.3 is 5.73 Å². The summed E-state index contributed by atoms with van der Waals surface area (Å²) < 4.78 is 1.58. The van der Waals surface area contributed by atoms with Crippen LogP contribution in [0.3, 0.4) is 0 Å². The molecule has 0 aliphatic carbocycles. The van der Waals surface area contributed by atoms with Crippen LogP contribution in [0.2, 0.25) is 0 Å². The summed E-state index contributed by atoms with van der Waals surface area (Å²) in [6, 6.07) is 1.79. The number of nitrogens with two attached hydrogens (primary N) is 1. The van der Waals surface area contributed by atoms with Gasteiger partial charge in [-0.05, 0) is 6.92 Å². The molecule has 2 heterocycles. The van der Waals surface area contributed by atoms with Crippen LogP contribution in [0.15, 0.2) is 18.7 Å². The summed E-state index contributed by atoms with van der Waals surface area (Å²) >= 11 is 0. The molecule has 0 saturated carbocycles. The molecule has 6 nitrogen and oxygen atoms in total. The van der Waals surface area contributed by atoms with Crippen LogP contribution < -0.4 is 5.73 Å². The fourth-order valence-corrected chi connectivity index (χ4v) is 1.16. The molecule has 0 aromatic carbocycles. The van der Waals surface area contributed by atoms with Crippen molar-refractivity contribution in [1.29, 1.82) is 0 Å². The lowest BCUT2D eigenvalue weighted by molar-refractivity contribution is 0.810. The van der Waals surface area contributed by atoms with Crippen LogP contribution in [0.4, 0.5) is 0 Å². The smallest absolute Gasteiger partial charge is 0.159 e. The van der Waals surface area contributed by atoms with E-state index in [1.807, 2.05) is 6.92 Å². The van der Waals surface area contributed by atoms with E-state index >= 15 is 0 Å². The monoisotopic (exact) mass is 190 g/mol. The molecule has 0 amide bonds. The van der Waals surface area contributed by atoms with Crippen molar-refractivity contribution in [3.05, 3.63) is 30.2 Å². The predicted molar refractivity (Wildman–Crippen MR) is 49.6 cm³/mol. The van der Waals surface area contributed by atoms with E-state index in [0.717, 1.165) is 5.69 Å². The van der Waals surface area contributed by atoms with Crippen LogP contribution in [0.25, 0.3) is 5.82 Å². The van der Waals surface area contributed by atoms with Crippen LogP contribution in [-0.4, -0.2) is 24.7 Å². The first-order valence-electron chi connectivity index (χ1n) is 4.19. The van der Waals surface area contributed by atoms with Gasteiger partial charge >= 0.3 is 0 Å². The highest BCUT2D eigenvalue weighted by atomic mass is 15.3. The molecule has 0 bridgehead atoms. The van der Waals surface area contributed by atoms with E-state index in [4.69, 9.17) is 5.73 Å². The molecule has 0 fully saturated rings. The molecule has 2 aromatic heterocycles. The molecule has 2 aromatic rings. The van der Waals surface area contributed by atoms with Crippen molar-refractivity contribution in [2.45, 2.75) is 13.5 Å². The van der Waals surface area contributed by atoms with Gasteiger partial charge in [-0.1, -0.05) is 0 Å². The van der Waals surface area contributed by atoms with Crippen molar-refractivity contribution in [2.24, 2.45) is 5.73 Å². The van der Waals surface area contributed by atoms with Crippen molar-refractivity contribution < 1.29 is 0 Å². The highest BCUT2D eigenvalue weighted by Crippen LogP contribution is 2.04. The van der Waals surface area contributed by atoms with Gasteiger partial charge in [-0.2, -0.15) is 5.10 Å². The largest absolute Gasteiger partial charge is 0.325 e. The second-order valence-electron chi connectivity index (χ2n) is 2.81. The van der Waals surface area contributed by atoms with Gasteiger partial charge in [0.05, 0.1) is 5.69 Å². The maximum absolute atomic E-state index is 5.51. The second-order valence-corrected chi connectivity index (χ2v) is 2.81. The quantitative estimate of drug-likeness (QED) is 0.710. The molecule has 0 saturated heterocycles. The zero-order valence-electron chi connectivity index (χ0n) is 7.75. The van der Waals surface area contributed by atoms with E-state index in [0.29, 0.717) is 18.2 Å². The summed E-state index contributed by atoms with van der Waals surface area (Å²) in [5, 5.41) is 3.98. The predicted octanol–water partition coefficient (Wildman–Crippen LogP) is -0.176. The van der Waals surface area contributed by atoms with Gasteiger partial charge in [0.15, 0.2) is 5.82 Å². The molecule has 0 aliphatic heterocycles. The lowest BCUT2D eigenvalue weighted by Gasteiger charge is -2.03. The highest BCUT2D eigenvalue weighted by Gasteiger charge is 2.02. The molecular formula is C8H10N6. The van der Waals surface area contributed by atoms with Gasteiger partial charge in [0.1, 0.15) is 18.5 Å². The molecule has 0 radical (unpaired) electrons. The molecule has 0 aliphatic rings. The third-order valence-electron chi connectivity index (χ3n) is 1.74. The summed E-state index contributed by atoms with van der Waals surface area (Å²) in [4.78, 5) is 12.2. The molecular weight excluding hydrogens is 180 g/mol. The molecule has 2 N–H and O–H groups in total. The summed E-state index contributed by atoms with van der Waals surface area (Å²) in [6.07, 6.45) is 3.04. The van der Waals surface area contributed by atoms with Crippen LogP contribution in [0.1, 0.15) is 11.5 Å². The molecule has 14 heavy (non-hydrogen) atoms. The third-order valence-corrected chi connectivity index (χ3v) is 1.74. The summed E-state index contributed by atoms with van der Waals surface area (Å²) in [5.74, 6) is 1.37. The second kappa shape index (κ2) is 3.51. The maximum Gasteiger partial charge on any atom is 0.159 e. The molecule has 72 valence electrons. The van der Waals surface area contributed by atoms with Crippen molar-refractivity contribution in [3.8, 4) is 5.82 Å².